The van der Waals surface area contributed by atoms with E-state index in [0.29, 0.717) is 11.8 Å². The fourth-order valence-electron chi connectivity index (χ4n) is 3.41. The summed E-state index contributed by atoms with van der Waals surface area (Å²) in [6.07, 6.45) is 8.19. The Morgan fingerprint density at radius 3 is 2.76 bits per heavy atom. The van der Waals surface area contributed by atoms with Gasteiger partial charge in [0.25, 0.3) is 0 Å². The van der Waals surface area contributed by atoms with Gasteiger partial charge in [0.15, 0.2) is 5.75 Å². The average molecular weight is 294 g/mol. The molecule has 1 aromatic rings. The number of ether oxygens (including phenoxy) is 1. The summed E-state index contributed by atoms with van der Waals surface area (Å²) in [4.78, 5) is 2.19. The lowest BCUT2D eigenvalue weighted by Gasteiger charge is -2.26. The van der Waals surface area contributed by atoms with Crippen molar-refractivity contribution in [3.63, 3.8) is 0 Å². The molecule has 1 aromatic heterocycles. The Bertz CT molecular complexity index is 430. The molecule has 120 valence electrons. The van der Waals surface area contributed by atoms with Gasteiger partial charge in [-0.25, -0.2) is 0 Å². The van der Waals surface area contributed by atoms with Gasteiger partial charge < -0.3 is 15.4 Å². The molecule has 5 heteroatoms. The van der Waals surface area contributed by atoms with Crippen LogP contribution < -0.4 is 10.5 Å². The Balaban J connectivity index is 2.27. The summed E-state index contributed by atoms with van der Waals surface area (Å²) >= 11 is 0. The van der Waals surface area contributed by atoms with Crippen LogP contribution in [0.2, 0.25) is 0 Å². The lowest BCUT2D eigenvalue weighted by Crippen LogP contribution is -2.26. The van der Waals surface area contributed by atoms with E-state index in [-0.39, 0.29) is 0 Å². The van der Waals surface area contributed by atoms with E-state index in [0.717, 1.165) is 25.4 Å². The number of hydrogen-bond donors (Lipinski definition) is 1. The van der Waals surface area contributed by atoms with Crippen molar-refractivity contribution < 1.29 is 4.74 Å². The number of methoxy groups -OCH3 is 1. The van der Waals surface area contributed by atoms with E-state index in [9.17, 15) is 0 Å². The summed E-state index contributed by atoms with van der Waals surface area (Å²) < 4.78 is 7.72. The van der Waals surface area contributed by atoms with Crippen molar-refractivity contribution in [1.29, 1.82) is 0 Å². The topological polar surface area (TPSA) is 56.3 Å². The van der Waals surface area contributed by atoms with Crippen LogP contribution in [0.1, 0.15) is 43.7 Å². The van der Waals surface area contributed by atoms with Gasteiger partial charge >= 0.3 is 0 Å². The highest BCUT2D eigenvalue weighted by molar-refractivity contribution is 5.29. The minimum absolute atomic E-state index is 0.483. The minimum Gasteiger partial charge on any atom is -0.493 e. The van der Waals surface area contributed by atoms with E-state index in [2.05, 4.69) is 28.8 Å². The third-order valence-corrected chi connectivity index (χ3v) is 4.64. The van der Waals surface area contributed by atoms with Gasteiger partial charge in [-0.2, -0.15) is 5.10 Å². The van der Waals surface area contributed by atoms with E-state index >= 15 is 0 Å². The van der Waals surface area contributed by atoms with Crippen molar-refractivity contribution in [1.82, 2.24) is 14.7 Å². The second-order valence-electron chi connectivity index (χ2n) is 6.36. The molecule has 2 rings (SSSR count). The first kappa shape index (κ1) is 16.3. The van der Waals surface area contributed by atoms with Gasteiger partial charge in [0.1, 0.15) is 0 Å². The molecule has 1 fully saturated rings. The summed E-state index contributed by atoms with van der Waals surface area (Å²) in [6, 6.07) is 0. The molecular weight excluding hydrogens is 264 g/mol. The molecule has 5 nitrogen and oxygen atoms in total. The Labute approximate surface area is 128 Å². The Kier molecular flexibility index (Phi) is 6.06. The number of hydrogen-bond acceptors (Lipinski definition) is 4. The maximum atomic E-state index is 6.05. The molecular formula is C16H30N4O. The predicted molar refractivity (Wildman–Crippen MR) is 85.7 cm³/mol. The van der Waals surface area contributed by atoms with Gasteiger partial charge in [0.05, 0.1) is 25.5 Å². The van der Waals surface area contributed by atoms with Crippen molar-refractivity contribution in [2.45, 2.75) is 44.6 Å². The molecule has 0 spiro atoms. The van der Waals surface area contributed by atoms with E-state index in [1.54, 1.807) is 7.11 Å². The Morgan fingerprint density at radius 2 is 2.10 bits per heavy atom. The van der Waals surface area contributed by atoms with Crippen molar-refractivity contribution >= 4 is 0 Å². The van der Waals surface area contributed by atoms with Gasteiger partial charge in [-0.1, -0.05) is 19.3 Å². The molecule has 0 radical (unpaired) electrons. The lowest BCUT2D eigenvalue weighted by atomic mass is 9.85. The second kappa shape index (κ2) is 7.80. The zero-order chi connectivity index (χ0) is 15.2. The molecule has 0 aromatic carbocycles. The fourth-order valence-corrected chi connectivity index (χ4v) is 3.41. The van der Waals surface area contributed by atoms with Gasteiger partial charge in [-0.05, 0) is 39.4 Å². The molecule has 21 heavy (non-hydrogen) atoms. The smallest absolute Gasteiger partial charge is 0.160 e. The van der Waals surface area contributed by atoms with Crippen LogP contribution in [0.4, 0.5) is 0 Å². The van der Waals surface area contributed by atoms with Crippen LogP contribution in [-0.4, -0.2) is 49.0 Å². The standard InChI is InChI=1S/C16H30N4O/c1-19(2)9-10-20-16(15(21-3)12-18-20)14-8-6-4-5-7-13(14)11-17/h12-14H,4-11,17H2,1-3H3. The highest BCUT2D eigenvalue weighted by atomic mass is 16.5. The Morgan fingerprint density at radius 1 is 1.33 bits per heavy atom. The summed E-state index contributed by atoms with van der Waals surface area (Å²) in [5.74, 6) is 1.97. The normalized spacial score (nSPS) is 23.3. The predicted octanol–water partition coefficient (Wildman–Crippen LogP) is 2.08. The second-order valence-corrected chi connectivity index (χ2v) is 6.36. The van der Waals surface area contributed by atoms with Gasteiger partial charge in [-0.15, -0.1) is 0 Å². The molecule has 1 aliphatic carbocycles. The summed E-state index contributed by atoms with van der Waals surface area (Å²) in [7, 11) is 5.93. The molecule has 2 atom stereocenters. The highest BCUT2D eigenvalue weighted by Crippen LogP contribution is 2.39. The summed E-state index contributed by atoms with van der Waals surface area (Å²) in [5.41, 5.74) is 7.32. The molecule has 1 aliphatic rings. The lowest BCUT2D eigenvalue weighted by molar-refractivity contribution is 0.334. The monoisotopic (exact) mass is 294 g/mol. The quantitative estimate of drug-likeness (QED) is 0.816. The van der Waals surface area contributed by atoms with Crippen molar-refractivity contribution in [2.24, 2.45) is 11.7 Å². The molecule has 1 heterocycles. The number of nitrogens with zero attached hydrogens (tertiary/aromatic N) is 3. The average Bonchev–Trinajstić information content (AvgIpc) is 2.73. The summed E-state index contributed by atoms with van der Waals surface area (Å²) in [6.45, 7) is 2.64. The van der Waals surface area contributed by atoms with Crippen molar-refractivity contribution in [3.8, 4) is 5.75 Å². The first-order valence-electron chi connectivity index (χ1n) is 8.11. The largest absolute Gasteiger partial charge is 0.493 e. The SMILES string of the molecule is COc1cnn(CCN(C)C)c1C1CCCCCC1CN. The molecule has 0 bridgehead atoms. The third kappa shape index (κ3) is 3.98. The Hall–Kier alpha value is -1.07. The van der Waals surface area contributed by atoms with E-state index < -0.39 is 0 Å². The van der Waals surface area contributed by atoms with Crippen LogP contribution >= 0.6 is 0 Å². The van der Waals surface area contributed by atoms with E-state index in [1.165, 1.54) is 37.8 Å². The van der Waals surface area contributed by atoms with Crippen LogP contribution in [0.25, 0.3) is 0 Å². The van der Waals surface area contributed by atoms with Crippen LogP contribution in [0.5, 0.6) is 5.75 Å². The van der Waals surface area contributed by atoms with Crippen LogP contribution in [0.15, 0.2) is 6.20 Å². The van der Waals surface area contributed by atoms with Crippen LogP contribution in [0.3, 0.4) is 0 Å². The van der Waals surface area contributed by atoms with E-state index in [1.807, 2.05) is 6.20 Å². The molecule has 2 N–H and O–H groups in total. The van der Waals surface area contributed by atoms with Crippen LogP contribution in [-0.2, 0) is 6.54 Å². The summed E-state index contributed by atoms with van der Waals surface area (Å²) in [5, 5.41) is 4.56. The molecule has 2 unspecified atom stereocenters. The number of likely N-dealkylation sites (N-methyl/N-ethyl adjacent to an activating group) is 1. The zero-order valence-corrected chi connectivity index (χ0v) is 13.7. The maximum Gasteiger partial charge on any atom is 0.160 e. The third-order valence-electron chi connectivity index (χ3n) is 4.64. The van der Waals surface area contributed by atoms with Gasteiger partial charge in [0, 0.05) is 12.5 Å². The molecule has 0 aliphatic heterocycles. The van der Waals surface area contributed by atoms with Crippen LogP contribution in [0, 0.1) is 5.92 Å². The van der Waals surface area contributed by atoms with Gasteiger partial charge in [0.2, 0.25) is 0 Å². The maximum absolute atomic E-state index is 6.05. The van der Waals surface area contributed by atoms with Gasteiger partial charge in [-0.3, -0.25) is 4.68 Å². The zero-order valence-electron chi connectivity index (χ0n) is 13.7. The number of nitrogens with two attached hydrogens (primary N) is 1. The minimum atomic E-state index is 0.483. The number of rotatable bonds is 6. The highest BCUT2D eigenvalue weighted by Gasteiger charge is 2.29. The molecule has 0 amide bonds. The molecule has 1 saturated carbocycles. The van der Waals surface area contributed by atoms with Crippen molar-refractivity contribution in [2.75, 3.05) is 34.3 Å². The first-order valence-corrected chi connectivity index (χ1v) is 8.11. The fraction of sp³-hybridized carbons (Fsp3) is 0.812. The first-order chi connectivity index (χ1) is 10.2. The molecule has 0 saturated heterocycles. The van der Waals surface area contributed by atoms with E-state index in [4.69, 9.17) is 10.5 Å². The van der Waals surface area contributed by atoms with Crippen molar-refractivity contribution in [3.05, 3.63) is 11.9 Å². The number of aromatic nitrogens is 2.